The maximum atomic E-state index is 11.0. The molecule has 7 nitrogen and oxygen atoms in total. The van der Waals surface area contributed by atoms with E-state index in [4.69, 9.17) is 14.7 Å². The number of aromatic nitrogens is 2. The Morgan fingerprint density at radius 1 is 1.50 bits per heavy atom. The van der Waals surface area contributed by atoms with Gasteiger partial charge in [-0.3, -0.25) is 0 Å². The monoisotopic (exact) mass is 271 g/mol. The zero-order chi connectivity index (χ0) is 13.2. The van der Waals surface area contributed by atoms with Crippen LogP contribution in [0.25, 0.3) is 11.6 Å². The summed E-state index contributed by atoms with van der Waals surface area (Å²) in [6.45, 7) is 0. The van der Waals surface area contributed by atoms with E-state index in [0.717, 1.165) is 6.26 Å². The van der Waals surface area contributed by atoms with Crippen LogP contribution in [-0.4, -0.2) is 30.6 Å². The molecule has 0 aromatic carbocycles. The highest BCUT2D eigenvalue weighted by molar-refractivity contribution is 7.90. The summed E-state index contributed by atoms with van der Waals surface area (Å²) >= 11 is 0. The van der Waals surface area contributed by atoms with Crippen LogP contribution in [0.15, 0.2) is 27.3 Å². The van der Waals surface area contributed by atoms with Gasteiger partial charge in [0.05, 0.1) is 18.1 Å². The van der Waals surface area contributed by atoms with Crippen LogP contribution in [0.5, 0.6) is 0 Å². The van der Waals surface area contributed by atoms with Crippen molar-refractivity contribution in [3.63, 3.8) is 0 Å². The van der Waals surface area contributed by atoms with Crippen molar-refractivity contribution in [3.8, 4) is 11.6 Å². The van der Waals surface area contributed by atoms with Crippen LogP contribution < -0.4 is 5.73 Å². The van der Waals surface area contributed by atoms with Crippen molar-refractivity contribution < 1.29 is 17.4 Å². The van der Waals surface area contributed by atoms with Crippen molar-refractivity contribution in [3.05, 3.63) is 24.3 Å². The van der Waals surface area contributed by atoms with Crippen molar-refractivity contribution in [1.82, 2.24) is 10.1 Å². The van der Waals surface area contributed by atoms with E-state index in [9.17, 15) is 8.42 Å². The lowest BCUT2D eigenvalue weighted by molar-refractivity contribution is 0.352. The third-order valence-electron chi connectivity index (χ3n) is 2.30. The Morgan fingerprint density at radius 3 is 2.89 bits per heavy atom. The summed E-state index contributed by atoms with van der Waals surface area (Å²) in [6.07, 6.45) is 2.88. The normalized spacial score (nSPS) is 13.7. The topological polar surface area (TPSA) is 112 Å². The molecule has 8 heteroatoms. The molecule has 0 saturated heterocycles. The molecular formula is C10H13N3O4S. The van der Waals surface area contributed by atoms with Gasteiger partial charge in [0.1, 0.15) is 9.84 Å². The Balaban J connectivity index is 2.06. The number of furan rings is 1. The number of rotatable bonds is 5. The average Bonchev–Trinajstić information content (AvgIpc) is 2.94. The molecule has 0 spiro atoms. The minimum absolute atomic E-state index is 0.0212. The van der Waals surface area contributed by atoms with E-state index in [1.165, 1.54) is 6.26 Å². The molecule has 18 heavy (non-hydrogen) atoms. The molecule has 0 aliphatic heterocycles. The van der Waals surface area contributed by atoms with Crippen LogP contribution >= 0.6 is 0 Å². The van der Waals surface area contributed by atoms with Crippen LogP contribution in [0.4, 0.5) is 0 Å². The summed E-state index contributed by atoms with van der Waals surface area (Å²) in [6, 6.07) is 2.79. The highest BCUT2D eigenvalue weighted by Gasteiger charge is 2.18. The van der Waals surface area contributed by atoms with Crippen molar-refractivity contribution >= 4 is 9.84 Å². The summed E-state index contributed by atoms with van der Waals surface area (Å²) < 4.78 is 32.1. The second kappa shape index (κ2) is 4.91. The Hall–Kier alpha value is -1.67. The van der Waals surface area contributed by atoms with Gasteiger partial charge in [-0.25, -0.2) is 8.42 Å². The largest absolute Gasteiger partial charge is 0.461 e. The average molecular weight is 271 g/mol. The van der Waals surface area contributed by atoms with Gasteiger partial charge in [-0.1, -0.05) is 5.16 Å². The first kappa shape index (κ1) is 12.8. The molecule has 2 N–H and O–H groups in total. The molecule has 2 rings (SSSR count). The van der Waals surface area contributed by atoms with E-state index in [0.29, 0.717) is 11.6 Å². The Morgan fingerprint density at radius 2 is 2.28 bits per heavy atom. The number of nitrogens with zero attached hydrogens (tertiary/aromatic N) is 2. The molecule has 0 amide bonds. The molecular weight excluding hydrogens is 258 g/mol. The fourth-order valence-corrected chi connectivity index (χ4v) is 2.04. The number of hydrogen-bond acceptors (Lipinski definition) is 7. The lowest BCUT2D eigenvalue weighted by Gasteiger charge is -2.04. The first-order valence-electron chi connectivity index (χ1n) is 5.26. The molecule has 0 fully saturated rings. The van der Waals surface area contributed by atoms with Gasteiger partial charge < -0.3 is 14.7 Å². The highest BCUT2D eigenvalue weighted by Crippen LogP contribution is 2.19. The zero-order valence-corrected chi connectivity index (χ0v) is 10.6. The van der Waals surface area contributed by atoms with Gasteiger partial charge in [-0.2, -0.15) is 4.98 Å². The van der Waals surface area contributed by atoms with Crippen LogP contribution in [0.2, 0.25) is 0 Å². The third-order valence-corrected chi connectivity index (χ3v) is 3.28. The van der Waals surface area contributed by atoms with E-state index in [2.05, 4.69) is 10.1 Å². The minimum Gasteiger partial charge on any atom is -0.461 e. The fraction of sp³-hybridized carbons (Fsp3) is 0.400. The van der Waals surface area contributed by atoms with Gasteiger partial charge in [-0.15, -0.1) is 0 Å². The fourth-order valence-electron chi connectivity index (χ4n) is 1.36. The second-order valence-corrected chi connectivity index (χ2v) is 6.22. The van der Waals surface area contributed by atoms with Gasteiger partial charge in [-0.05, 0) is 18.6 Å². The van der Waals surface area contributed by atoms with E-state index in [-0.39, 0.29) is 18.1 Å². The van der Waals surface area contributed by atoms with E-state index in [1.54, 1.807) is 12.1 Å². The molecule has 2 aromatic heterocycles. The van der Waals surface area contributed by atoms with Gasteiger partial charge in [0, 0.05) is 6.26 Å². The Labute approximate surface area is 104 Å². The molecule has 2 aromatic rings. The lowest BCUT2D eigenvalue weighted by Crippen LogP contribution is -2.16. The highest BCUT2D eigenvalue weighted by atomic mass is 32.2. The molecule has 2 heterocycles. The number of hydrogen-bond donors (Lipinski definition) is 1. The maximum absolute atomic E-state index is 11.0. The number of nitrogens with two attached hydrogens (primary N) is 1. The van der Waals surface area contributed by atoms with Crippen molar-refractivity contribution in [2.24, 2.45) is 5.73 Å². The quantitative estimate of drug-likeness (QED) is 0.854. The van der Waals surface area contributed by atoms with Crippen LogP contribution in [0.1, 0.15) is 18.4 Å². The SMILES string of the molecule is CS(=O)(=O)CC[C@@H](N)c1nc(-c2ccco2)no1. The molecule has 1 atom stereocenters. The molecule has 0 unspecified atom stereocenters. The number of sulfone groups is 1. The summed E-state index contributed by atoms with van der Waals surface area (Å²) in [5.74, 6) is 0.947. The van der Waals surface area contributed by atoms with Crippen LogP contribution in [-0.2, 0) is 9.84 Å². The molecule has 98 valence electrons. The van der Waals surface area contributed by atoms with Gasteiger partial charge in [0.25, 0.3) is 0 Å². The molecule has 0 bridgehead atoms. The maximum Gasteiger partial charge on any atom is 0.244 e. The van der Waals surface area contributed by atoms with Gasteiger partial charge in [0.15, 0.2) is 5.76 Å². The molecule has 0 saturated carbocycles. The first-order chi connectivity index (χ1) is 8.46. The van der Waals surface area contributed by atoms with Crippen LogP contribution in [0, 0.1) is 0 Å². The lowest BCUT2D eigenvalue weighted by atomic mass is 10.2. The molecule has 0 aliphatic rings. The second-order valence-electron chi connectivity index (χ2n) is 3.96. The third kappa shape index (κ3) is 3.17. The van der Waals surface area contributed by atoms with Gasteiger partial charge in [0.2, 0.25) is 11.7 Å². The van der Waals surface area contributed by atoms with Gasteiger partial charge >= 0.3 is 0 Å². The first-order valence-corrected chi connectivity index (χ1v) is 7.32. The van der Waals surface area contributed by atoms with Crippen molar-refractivity contribution in [1.29, 1.82) is 0 Å². The predicted molar refractivity (Wildman–Crippen MR) is 63.3 cm³/mol. The molecule has 0 aliphatic carbocycles. The summed E-state index contributed by atoms with van der Waals surface area (Å²) in [5.41, 5.74) is 5.78. The van der Waals surface area contributed by atoms with E-state index in [1.807, 2.05) is 0 Å². The van der Waals surface area contributed by atoms with Crippen molar-refractivity contribution in [2.45, 2.75) is 12.5 Å². The standard InChI is InChI=1S/C10H13N3O4S/c1-18(14,15)6-4-7(11)10-12-9(13-17-10)8-3-2-5-16-8/h2-3,5,7H,4,6,11H2,1H3/t7-/m1/s1. The van der Waals surface area contributed by atoms with Crippen molar-refractivity contribution in [2.75, 3.05) is 12.0 Å². The Bertz CT molecular complexity index is 603. The zero-order valence-electron chi connectivity index (χ0n) is 9.74. The predicted octanol–water partition coefficient (Wildman–Crippen LogP) is 0.764. The van der Waals surface area contributed by atoms with E-state index < -0.39 is 15.9 Å². The molecule has 0 radical (unpaired) electrons. The summed E-state index contributed by atoms with van der Waals surface area (Å²) in [7, 11) is -3.05. The van der Waals surface area contributed by atoms with E-state index >= 15 is 0 Å². The Kier molecular flexibility index (Phi) is 3.48. The summed E-state index contributed by atoms with van der Waals surface area (Å²) in [5, 5.41) is 3.71. The van der Waals surface area contributed by atoms with Crippen LogP contribution in [0.3, 0.4) is 0 Å². The summed E-state index contributed by atoms with van der Waals surface area (Å²) in [4.78, 5) is 4.06. The smallest absolute Gasteiger partial charge is 0.244 e. The minimum atomic E-state index is -3.05.